The summed E-state index contributed by atoms with van der Waals surface area (Å²) in [4.78, 5) is 32.7. The molecule has 1 fully saturated rings. The number of hydrogen-bond donors (Lipinski definition) is 3. The minimum absolute atomic E-state index is 0.339. The van der Waals surface area contributed by atoms with E-state index < -0.39 is 17.4 Å². The van der Waals surface area contributed by atoms with Gasteiger partial charge in [0.05, 0.1) is 5.56 Å². The molecule has 3 rings (SSSR count). The van der Waals surface area contributed by atoms with Gasteiger partial charge in [-0.05, 0) is 18.9 Å². The Morgan fingerprint density at radius 1 is 1.50 bits per heavy atom. The largest absolute Gasteiger partial charge is 0.480 e. The second kappa shape index (κ2) is 3.52. The van der Waals surface area contributed by atoms with Crippen LogP contribution in [0, 0.1) is 0 Å². The maximum atomic E-state index is 11.9. The van der Waals surface area contributed by atoms with Crippen LogP contribution in [-0.4, -0.2) is 32.5 Å². The first-order chi connectivity index (χ1) is 8.61. The molecule has 4 N–H and O–H groups in total. The van der Waals surface area contributed by atoms with Gasteiger partial charge in [0.15, 0.2) is 11.8 Å². The molecule has 0 saturated heterocycles. The minimum atomic E-state index is -1.08. The average molecular weight is 247 g/mol. The first-order valence-corrected chi connectivity index (χ1v) is 5.51. The number of carbonyl (C=O) groups excluding carboxylic acids is 1. The summed E-state index contributed by atoms with van der Waals surface area (Å²) in [7, 11) is 0. The fourth-order valence-electron chi connectivity index (χ4n) is 1.80. The number of nitrogens with zero attached hydrogens (tertiary/aromatic N) is 1. The van der Waals surface area contributed by atoms with Gasteiger partial charge < -0.3 is 10.4 Å². The Hall–Kier alpha value is -2.44. The van der Waals surface area contributed by atoms with Crippen LogP contribution >= 0.6 is 0 Å². The van der Waals surface area contributed by atoms with Crippen LogP contribution in [0.3, 0.4) is 0 Å². The lowest BCUT2D eigenvalue weighted by Gasteiger charge is -2.11. The van der Waals surface area contributed by atoms with Crippen molar-refractivity contribution < 1.29 is 19.7 Å². The zero-order valence-corrected chi connectivity index (χ0v) is 9.36. The van der Waals surface area contributed by atoms with Crippen molar-refractivity contribution in [3.63, 3.8) is 0 Å². The van der Waals surface area contributed by atoms with Crippen LogP contribution in [-0.2, 0) is 4.79 Å². The van der Waals surface area contributed by atoms with Crippen molar-refractivity contribution in [2.24, 2.45) is 0 Å². The molecule has 92 valence electrons. The van der Waals surface area contributed by atoms with Crippen molar-refractivity contribution in [1.82, 2.24) is 15.3 Å². The second-order valence-corrected chi connectivity index (χ2v) is 4.39. The summed E-state index contributed by atoms with van der Waals surface area (Å²) in [5.41, 5.74) is 0.605. The third kappa shape index (κ3) is 1.60. The highest BCUT2D eigenvalue weighted by Crippen LogP contribution is 2.35. The molecule has 2 heterocycles. The Morgan fingerprint density at radius 3 is 2.94 bits per heavy atom. The summed E-state index contributed by atoms with van der Waals surface area (Å²) in [5.74, 6) is -1.41. The van der Waals surface area contributed by atoms with E-state index in [0.29, 0.717) is 29.6 Å². The van der Waals surface area contributed by atoms with Gasteiger partial charge in [-0.1, -0.05) is 0 Å². The molecule has 18 heavy (non-hydrogen) atoms. The Bertz CT molecular complexity index is 645. The molecule has 2 aromatic rings. The highest BCUT2D eigenvalue weighted by molar-refractivity contribution is 6.00. The lowest BCUT2D eigenvalue weighted by Crippen LogP contribution is -2.43. The fraction of sp³-hybridized carbons (Fsp3) is 0.273. The Kier molecular flexibility index (Phi) is 2.09. The molecule has 0 unspecified atom stereocenters. The van der Waals surface area contributed by atoms with Gasteiger partial charge in [-0.25, -0.2) is 9.78 Å². The molecule has 0 aliphatic heterocycles. The molecule has 1 amide bonds. The van der Waals surface area contributed by atoms with Crippen molar-refractivity contribution in [1.29, 1.82) is 0 Å². The fourth-order valence-corrected chi connectivity index (χ4v) is 1.80. The summed E-state index contributed by atoms with van der Waals surface area (Å²) in [6.07, 6.45) is 3.97. The number of imidazole rings is 1. The number of rotatable bonds is 3. The highest BCUT2D eigenvalue weighted by atomic mass is 16.4. The van der Waals surface area contributed by atoms with Gasteiger partial charge in [0.25, 0.3) is 11.6 Å². The summed E-state index contributed by atoms with van der Waals surface area (Å²) >= 11 is 0. The molecule has 0 aromatic carbocycles. The number of aliphatic carboxylic acids is 1. The first-order valence-electron chi connectivity index (χ1n) is 5.51. The van der Waals surface area contributed by atoms with Crippen molar-refractivity contribution in [2.45, 2.75) is 18.4 Å². The number of carboxylic acids is 1. The highest BCUT2D eigenvalue weighted by Gasteiger charge is 2.51. The Balaban J connectivity index is 1.86. The van der Waals surface area contributed by atoms with Crippen LogP contribution in [0.15, 0.2) is 18.6 Å². The van der Waals surface area contributed by atoms with E-state index in [1.165, 1.54) is 6.20 Å². The molecule has 0 bridgehead atoms. The monoisotopic (exact) mass is 247 g/mol. The van der Waals surface area contributed by atoms with Crippen molar-refractivity contribution in [2.75, 3.05) is 0 Å². The number of amides is 1. The topological polar surface area (TPSA) is 109 Å². The van der Waals surface area contributed by atoms with E-state index in [0.717, 1.165) is 0 Å². The predicted octanol–water partition coefficient (Wildman–Crippen LogP) is -0.276. The molecule has 0 radical (unpaired) electrons. The van der Waals surface area contributed by atoms with E-state index in [4.69, 9.17) is 5.11 Å². The molecule has 0 spiro atoms. The van der Waals surface area contributed by atoms with Gasteiger partial charge >= 0.3 is 5.97 Å². The third-order valence-electron chi connectivity index (χ3n) is 3.10. The van der Waals surface area contributed by atoms with Crippen molar-refractivity contribution in [3.05, 3.63) is 24.2 Å². The molecule has 1 aliphatic rings. The van der Waals surface area contributed by atoms with Crippen LogP contribution in [0.5, 0.6) is 0 Å². The summed E-state index contributed by atoms with van der Waals surface area (Å²) in [6, 6.07) is 1.63. The second-order valence-electron chi connectivity index (χ2n) is 4.39. The molecular formula is C11H11N4O3+. The molecule has 0 atom stereocenters. The third-order valence-corrected chi connectivity index (χ3v) is 3.10. The lowest BCUT2D eigenvalue weighted by atomic mass is 10.2. The van der Waals surface area contributed by atoms with Crippen LogP contribution in [0.2, 0.25) is 0 Å². The number of nitrogens with one attached hydrogen (secondary N) is 3. The number of fused-ring (bicyclic) bond motifs is 1. The van der Waals surface area contributed by atoms with Crippen molar-refractivity contribution in [3.8, 4) is 0 Å². The summed E-state index contributed by atoms with van der Waals surface area (Å²) < 4.78 is 0. The van der Waals surface area contributed by atoms with Crippen LogP contribution in [0.1, 0.15) is 23.2 Å². The zero-order chi connectivity index (χ0) is 12.8. The van der Waals surface area contributed by atoms with Gasteiger partial charge in [-0.15, -0.1) is 4.98 Å². The van der Waals surface area contributed by atoms with E-state index in [9.17, 15) is 9.59 Å². The molecule has 7 heteroatoms. The standard InChI is InChI=1S/C11H10N4O3/c16-9(15-11(1-2-11)10(17)18)6-3-7-8(12-4-6)14-5-13-7/h3-5H,1-2H2,(H,15,16)(H,17,18)(H,12,13,14)/p+1. The number of aromatic amines is 2. The predicted molar refractivity (Wildman–Crippen MR) is 59.7 cm³/mol. The van der Waals surface area contributed by atoms with Crippen molar-refractivity contribution >= 4 is 23.0 Å². The number of pyridine rings is 1. The number of carboxylic acid groups (broad SMARTS) is 1. The number of hydrogen-bond acceptors (Lipinski definition) is 3. The number of carbonyl (C=O) groups is 2. The maximum absolute atomic E-state index is 11.9. The average Bonchev–Trinajstić information content (AvgIpc) is 2.98. The Morgan fingerprint density at radius 2 is 2.28 bits per heavy atom. The quantitative estimate of drug-likeness (QED) is 0.693. The van der Waals surface area contributed by atoms with E-state index in [2.05, 4.69) is 20.3 Å². The Labute approximate surface area is 101 Å². The number of H-pyrrole nitrogens is 2. The smallest absolute Gasteiger partial charge is 0.329 e. The van der Waals surface area contributed by atoms with Crippen LogP contribution in [0.25, 0.3) is 11.2 Å². The van der Waals surface area contributed by atoms with E-state index in [1.807, 2.05) is 0 Å². The normalized spacial score (nSPS) is 16.4. The van der Waals surface area contributed by atoms with Gasteiger partial charge in [0.1, 0.15) is 11.7 Å². The molecule has 1 aliphatic carbocycles. The van der Waals surface area contributed by atoms with Gasteiger partial charge in [0, 0.05) is 0 Å². The van der Waals surface area contributed by atoms with Gasteiger partial charge in [-0.3, -0.25) is 9.78 Å². The molecular weight excluding hydrogens is 236 g/mol. The van der Waals surface area contributed by atoms with Gasteiger partial charge in [0.2, 0.25) is 0 Å². The van der Waals surface area contributed by atoms with E-state index in [1.54, 1.807) is 12.4 Å². The van der Waals surface area contributed by atoms with E-state index >= 15 is 0 Å². The zero-order valence-electron chi connectivity index (χ0n) is 9.36. The maximum Gasteiger partial charge on any atom is 0.329 e. The molecule has 2 aromatic heterocycles. The summed E-state index contributed by atoms with van der Waals surface area (Å²) in [5, 5.41) is 11.5. The molecule has 1 saturated carbocycles. The first kappa shape index (κ1) is 10.7. The van der Waals surface area contributed by atoms with Gasteiger partial charge in [-0.2, -0.15) is 0 Å². The lowest BCUT2D eigenvalue weighted by molar-refractivity contribution is -0.347. The summed E-state index contributed by atoms with van der Waals surface area (Å²) in [6.45, 7) is 0. The van der Waals surface area contributed by atoms with Crippen LogP contribution in [0.4, 0.5) is 0 Å². The SMILES string of the molecule is O=C(NC1(C(=O)O)CC1)c1cnc2[nH+]c[nH]c2c1. The molecule has 7 nitrogen and oxygen atoms in total. The van der Waals surface area contributed by atoms with Crippen LogP contribution < -0.4 is 10.3 Å². The minimum Gasteiger partial charge on any atom is -0.480 e. The number of aromatic nitrogens is 3. The van der Waals surface area contributed by atoms with E-state index in [-0.39, 0.29) is 0 Å².